The second-order valence-electron chi connectivity index (χ2n) is 3.95. The fourth-order valence-electron chi connectivity index (χ4n) is 1.81. The van der Waals surface area contributed by atoms with E-state index in [2.05, 4.69) is 15.9 Å². The monoisotopic (exact) mass is 310 g/mol. The molecule has 2 rings (SSSR count). The Bertz CT molecular complexity index is 575. The van der Waals surface area contributed by atoms with Crippen molar-refractivity contribution in [3.8, 4) is 0 Å². The van der Waals surface area contributed by atoms with Crippen LogP contribution in [0.4, 0.5) is 4.39 Å². The Hall–Kier alpha value is -1.42. The molecule has 0 bridgehead atoms. The molecule has 1 aromatic carbocycles. The highest BCUT2D eigenvalue weighted by atomic mass is 79.9. The van der Waals surface area contributed by atoms with Gasteiger partial charge in [-0.05, 0) is 29.8 Å². The fourth-order valence-corrected chi connectivity index (χ4v) is 2.22. The third-order valence-corrected chi connectivity index (χ3v) is 3.22. The van der Waals surface area contributed by atoms with Gasteiger partial charge in [-0.3, -0.25) is 4.79 Å². The molecule has 2 nitrogen and oxygen atoms in total. The third-order valence-electron chi connectivity index (χ3n) is 2.73. The number of hydrogen-bond donors (Lipinski definition) is 0. The molecule has 0 N–H and O–H groups in total. The van der Waals surface area contributed by atoms with Crippen molar-refractivity contribution in [1.82, 2.24) is 0 Å². The molecule has 0 aliphatic rings. The van der Waals surface area contributed by atoms with E-state index >= 15 is 0 Å². The number of rotatable bonds is 4. The molecule has 0 atom stereocenters. The molecule has 0 aliphatic carbocycles. The largest absolute Gasteiger partial charge is 0.469 e. The van der Waals surface area contributed by atoms with Crippen LogP contribution in [0, 0.1) is 5.82 Å². The number of benzene rings is 1. The van der Waals surface area contributed by atoms with Gasteiger partial charge in [0, 0.05) is 17.3 Å². The smallest absolute Gasteiger partial charge is 0.170 e. The van der Waals surface area contributed by atoms with Crippen LogP contribution in [-0.2, 0) is 12.8 Å². The highest BCUT2D eigenvalue weighted by Gasteiger charge is 2.15. The van der Waals surface area contributed by atoms with Crippen molar-refractivity contribution in [1.29, 1.82) is 0 Å². The average Bonchev–Trinajstić information content (AvgIpc) is 2.82. The lowest BCUT2D eigenvalue weighted by Gasteiger charge is -2.03. The lowest BCUT2D eigenvalue weighted by Crippen LogP contribution is -2.06. The molecule has 0 spiro atoms. The standard InChI is InChI=1S/C14H12BrFO2/c1-2-14-11(5-6-18-14)13(17)8-9-7-10(15)3-4-12(9)16/h3-7H,2,8H2,1H3. The summed E-state index contributed by atoms with van der Waals surface area (Å²) in [5, 5.41) is 0. The van der Waals surface area contributed by atoms with Gasteiger partial charge in [-0.2, -0.15) is 0 Å². The third kappa shape index (κ3) is 2.70. The highest BCUT2D eigenvalue weighted by molar-refractivity contribution is 9.10. The summed E-state index contributed by atoms with van der Waals surface area (Å²) in [7, 11) is 0. The summed E-state index contributed by atoms with van der Waals surface area (Å²) in [6, 6.07) is 6.22. The predicted molar refractivity (Wildman–Crippen MR) is 70.2 cm³/mol. The summed E-state index contributed by atoms with van der Waals surface area (Å²) < 4.78 is 19.5. The van der Waals surface area contributed by atoms with Crippen molar-refractivity contribution in [2.24, 2.45) is 0 Å². The lowest BCUT2D eigenvalue weighted by atomic mass is 10.0. The zero-order valence-corrected chi connectivity index (χ0v) is 11.5. The van der Waals surface area contributed by atoms with E-state index in [9.17, 15) is 9.18 Å². The molecule has 1 aromatic heterocycles. The molecule has 1 heterocycles. The van der Waals surface area contributed by atoms with Crippen molar-refractivity contribution in [2.45, 2.75) is 19.8 Å². The number of aryl methyl sites for hydroxylation is 1. The first-order valence-electron chi connectivity index (χ1n) is 5.65. The van der Waals surface area contributed by atoms with Gasteiger partial charge in [-0.1, -0.05) is 22.9 Å². The first-order valence-corrected chi connectivity index (χ1v) is 6.44. The summed E-state index contributed by atoms with van der Waals surface area (Å²) >= 11 is 3.27. The summed E-state index contributed by atoms with van der Waals surface area (Å²) in [6.07, 6.45) is 2.18. The average molecular weight is 311 g/mol. The first-order chi connectivity index (χ1) is 8.61. The number of halogens is 2. The molecule has 2 aromatic rings. The van der Waals surface area contributed by atoms with Gasteiger partial charge in [0.25, 0.3) is 0 Å². The zero-order chi connectivity index (χ0) is 13.1. The number of Topliss-reactive ketones (excluding diaryl/α,β-unsaturated/α-hetero) is 1. The minimum absolute atomic E-state index is 0.0395. The van der Waals surface area contributed by atoms with E-state index in [-0.39, 0.29) is 18.0 Å². The molecular formula is C14H12BrFO2. The zero-order valence-electron chi connectivity index (χ0n) is 9.87. The van der Waals surface area contributed by atoms with Crippen LogP contribution < -0.4 is 0 Å². The Morgan fingerprint density at radius 1 is 1.39 bits per heavy atom. The van der Waals surface area contributed by atoms with E-state index in [1.54, 1.807) is 18.2 Å². The molecule has 0 fully saturated rings. The van der Waals surface area contributed by atoms with Crippen LogP contribution in [0.1, 0.15) is 28.6 Å². The van der Waals surface area contributed by atoms with E-state index in [1.165, 1.54) is 12.3 Å². The van der Waals surface area contributed by atoms with E-state index in [1.807, 2.05) is 6.92 Å². The summed E-state index contributed by atoms with van der Waals surface area (Å²) in [5.74, 6) is 0.154. The summed E-state index contributed by atoms with van der Waals surface area (Å²) in [6.45, 7) is 1.91. The minimum Gasteiger partial charge on any atom is -0.469 e. The van der Waals surface area contributed by atoms with Crippen molar-refractivity contribution in [2.75, 3.05) is 0 Å². The van der Waals surface area contributed by atoms with Gasteiger partial charge in [0.15, 0.2) is 5.78 Å². The van der Waals surface area contributed by atoms with Crippen LogP contribution in [0.3, 0.4) is 0 Å². The molecule has 0 saturated carbocycles. The number of carbonyl (C=O) groups excluding carboxylic acids is 1. The van der Waals surface area contributed by atoms with Gasteiger partial charge in [-0.15, -0.1) is 0 Å². The molecule has 0 saturated heterocycles. The van der Waals surface area contributed by atoms with Gasteiger partial charge in [0.1, 0.15) is 11.6 Å². The second-order valence-corrected chi connectivity index (χ2v) is 4.86. The Labute approximate surface area is 113 Å². The minimum atomic E-state index is -0.368. The predicted octanol–water partition coefficient (Wildman–Crippen LogP) is 4.17. The van der Waals surface area contributed by atoms with Crippen LogP contribution in [0.15, 0.2) is 39.4 Å². The topological polar surface area (TPSA) is 30.2 Å². The van der Waals surface area contributed by atoms with Gasteiger partial charge in [0.05, 0.1) is 11.8 Å². The Morgan fingerprint density at radius 3 is 2.89 bits per heavy atom. The van der Waals surface area contributed by atoms with Gasteiger partial charge in [-0.25, -0.2) is 4.39 Å². The van der Waals surface area contributed by atoms with Crippen LogP contribution in [-0.4, -0.2) is 5.78 Å². The molecule has 0 radical (unpaired) electrons. The SMILES string of the molecule is CCc1occc1C(=O)Cc1cc(Br)ccc1F. The fraction of sp³-hybridized carbons (Fsp3) is 0.214. The number of ketones is 1. The Kier molecular flexibility index (Phi) is 3.97. The first kappa shape index (κ1) is 13.0. The van der Waals surface area contributed by atoms with E-state index < -0.39 is 0 Å². The van der Waals surface area contributed by atoms with Crippen molar-refractivity contribution >= 4 is 21.7 Å². The molecular weight excluding hydrogens is 299 g/mol. The molecule has 0 amide bonds. The molecule has 94 valence electrons. The molecule has 0 unspecified atom stereocenters. The number of furan rings is 1. The van der Waals surface area contributed by atoms with Crippen LogP contribution >= 0.6 is 15.9 Å². The number of hydrogen-bond acceptors (Lipinski definition) is 2. The van der Waals surface area contributed by atoms with Crippen LogP contribution in [0.25, 0.3) is 0 Å². The van der Waals surface area contributed by atoms with Gasteiger partial charge < -0.3 is 4.42 Å². The maximum atomic E-state index is 13.6. The quantitative estimate of drug-likeness (QED) is 0.793. The number of carbonyl (C=O) groups is 1. The maximum absolute atomic E-state index is 13.6. The van der Waals surface area contributed by atoms with Gasteiger partial charge >= 0.3 is 0 Å². The summed E-state index contributed by atoms with van der Waals surface area (Å²) in [4.78, 5) is 12.1. The van der Waals surface area contributed by atoms with Crippen LogP contribution in [0.2, 0.25) is 0 Å². The normalized spacial score (nSPS) is 10.6. The molecule has 18 heavy (non-hydrogen) atoms. The Morgan fingerprint density at radius 2 is 2.17 bits per heavy atom. The highest BCUT2D eigenvalue weighted by Crippen LogP contribution is 2.19. The second kappa shape index (κ2) is 5.48. The maximum Gasteiger partial charge on any atom is 0.170 e. The van der Waals surface area contributed by atoms with E-state index in [0.29, 0.717) is 23.3 Å². The Balaban J connectivity index is 2.24. The van der Waals surface area contributed by atoms with E-state index in [0.717, 1.165) is 4.47 Å². The van der Waals surface area contributed by atoms with Crippen LogP contribution in [0.5, 0.6) is 0 Å². The van der Waals surface area contributed by atoms with E-state index in [4.69, 9.17) is 4.42 Å². The van der Waals surface area contributed by atoms with Gasteiger partial charge in [0.2, 0.25) is 0 Å². The van der Waals surface area contributed by atoms with Crippen molar-refractivity contribution < 1.29 is 13.6 Å². The lowest BCUT2D eigenvalue weighted by molar-refractivity contribution is 0.0990. The van der Waals surface area contributed by atoms with Crippen molar-refractivity contribution in [3.63, 3.8) is 0 Å². The molecule has 0 aliphatic heterocycles. The summed E-state index contributed by atoms with van der Waals surface area (Å²) in [5.41, 5.74) is 0.925. The van der Waals surface area contributed by atoms with Crippen molar-refractivity contribution in [3.05, 3.63) is 57.7 Å². The molecule has 4 heteroatoms.